The molecule has 0 spiro atoms. The molecule has 0 aliphatic carbocycles. The Bertz CT molecular complexity index is 309. The van der Waals surface area contributed by atoms with Crippen LogP contribution >= 0.6 is 0 Å². The van der Waals surface area contributed by atoms with Crippen LogP contribution in [0, 0.1) is 0 Å². The molecule has 0 aromatic rings. The topological polar surface area (TPSA) is 36.0 Å². The van der Waals surface area contributed by atoms with E-state index >= 15 is 0 Å². The molecule has 5 nitrogen and oxygen atoms in total. The lowest BCUT2D eigenvalue weighted by Gasteiger charge is -2.35. The third-order valence-electron chi connectivity index (χ3n) is 4.77. The Labute approximate surface area is 129 Å². The third kappa shape index (κ3) is 5.24. The molecule has 2 aliphatic rings. The fourth-order valence-corrected chi connectivity index (χ4v) is 3.17. The fourth-order valence-electron chi connectivity index (χ4n) is 3.17. The zero-order valence-corrected chi connectivity index (χ0v) is 13.7. The van der Waals surface area contributed by atoms with E-state index in [-0.39, 0.29) is 5.91 Å². The van der Waals surface area contributed by atoms with Gasteiger partial charge in [0.1, 0.15) is 0 Å². The highest BCUT2D eigenvalue weighted by Crippen LogP contribution is 2.14. The van der Waals surface area contributed by atoms with Gasteiger partial charge < -0.3 is 14.5 Å². The molecule has 2 aliphatic heterocycles. The van der Waals surface area contributed by atoms with E-state index in [2.05, 4.69) is 16.7 Å². The van der Waals surface area contributed by atoms with Crippen molar-refractivity contribution in [3.05, 3.63) is 0 Å². The molecule has 122 valence electrons. The van der Waals surface area contributed by atoms with Crippen molar-refractivity contribution >= 4 is 5.91 Å². The second-order valence-corrected chi connectivity index (χ2v) is 6.08. The van der Waals surface area contributed by atoms with Gasteiger partial charge in [0.2, 0.25) is 5.91 Å². The zero-order chi connectivity index (χ0) is 15.1. The van der Waals surface area contributed by atoms with E-state index in [1.54, 1.807) is 0 Å². The van der Waals surface area contributed by atoms with Crippen LogP contribution in [0.25, 0.3) is 0 Å². The summed E-state index contributed by atoms with van der Waals surface area (Å²) in [6.45, 7) is 13.7. The van der Waals surface area contributed by atoms with E-state index in [1.165, 1.54) is 32.7 Å². The molecule has 2 fully saturated rings. The van der Waals surface area contributed by atoms with Crippen LogP contribution in [0.15, 0.2) is 0 Å². The second kappa shape index (κ2) is 8.71. The number of rotatable bonds is 6. The predicted molar refractivity (Wildman–Crippen MR) is 84.4 cm³/mol. The number of piperidine rings is 1. The minimum Gasteiger partial charge on any atom is -0.377 e. The number of amides is 1. The summed E-state index contributed by atoms with van der Waals surface area (Å²) < 4.78 is 6.01. The maximum absolute atomic E-state index is 11.6. The van der Waals surface area contributed by atoms with E-state index in [9.17, 15) is 4.79 Å². The zero-order valence-electron chi connectivity index (χ0n) is 13.7. The van der Waals surface area contributed by atoms with Crippen LogP contribution < -0.4 is 0 Å². The number of ether oxygens (including phenoxy) is 1. The van der Waals surface area contributed by atoms with Crippen molar-refractivity contribution in [3.8, 4) is 0 Å². The van der Waals surface area contributed by atoms with Gasteiger partial charge in [-0.25, -0.2) is 0 Å². The molecule has 21 heavy (non-hydrogen) atoms. The Morgan fingerprint density at radius 1 is 1.00 bits per heavy atom. The van der Waals surface area contributed by atoms with E-state index in [4.69, 9.17) is 4.74 Å². The van der Waals surface area contributed by atoms with E-state index in [1.807, 2.05) is 11.8 Å². The molecule has 0 unspecified atom stereocenters. The summed E-state index contributed by atoms with van der Waals surface area (Å²) in [4.78, 5) is 18.6. The summed E-state index contributed by atoms with van der Waals surface area (Å²) >= 11 is 0. The van der Waals surface area contributed by atoms with E-state index in [0.29, 0.717) is 12.5 Å². The van der Waals surface area contributed by atoms with Gasteiger partial charge in [-0.1, -0.05) is 13.8 Å². The van der Waals surface area contributed by atoms with Crippen molar-refractivity contribution in [3.63, 3.8) is 0 Å². The smallest absolute Gasteiger partial charge is 0.222 e. The molecule has 0 aromatic heterocycles. The molecular formula is C16H31N3O2. The Morgan fingerprint density at radius 3 is 2.19 bits per heavy atom. The highest BCUT2D eigenvalue weighted by molar-refractivity contribution is 5.75. The Hall–Kier alpha value is -0.650. The molecule has 2 rings (SSSR count). The van der Waals surface area contributed by atoms with Crippen LogP contribution in [0.2, 0.25) is 0 Å². The summed E-state index contributed by atoms with van der Waals surface area (Å²) in [7, 11) is 0. The lowest BCUT2D eigenvalue weighted by Crippen LogP contribution is -2.47. The molecule has 1 amide bonds. The van der Waals surface area contributed by atoms with E-state index < -0.39 is 0 Å². The van der Waals surface area contributed by atoms with Crippen molar-refractivity contribution in [1.29, 1.82) is 0 Å². The summed E-state index contributed by atoms with van der Waals surface area (Å²) in [6, 6.07) is 0. The maximum Gasteiger partial charge on any atom is 0.222 e. The van der Waals surface area contributed by atoms with Gasteiger partial charge in [-0.15, -0.1) is 0 Å². The lowest BCUT2D eigenvalue weighted by atomic mass is 10.1. The van der Waals surface area contributed by atoms with Crippen molar-refractivity contribution in [1.82, 2.24) is 14.7 Å². The van der Waals surface area contributed by atoms with Crippen LogP contribution in [0.1, 0.15) is 33.1 Å². The molecule has 0 radical (unpaired) electrons. The van der Waals surface area contributed by atoms with Gasteiger partial charge in [-0.2, -0.15) is 0 Å². The summed E-state index contributed by atoms with van der Waals surface area (Å²) in [5.41, 5.74) is 0. The molecule has 0 atom stereocenters. The molecule has 0 bridgehead atoms. The normalized spacial score (nSPS) is 22.7. The Morgan fingerprint density at radius 2 is 1.62 bits per heavy atom. The van der Waals surface area contributed by atoms with Gasteiger partial charge in [-0.05, 0) is 19.4 Å². The number of nitrogens with zero attached hydrogens (tertiary/aromatic N) is 3. The van der Waals surface area contributed by atoms with Crippen molar-refractivity contribution in [2.75, 3.05) is 59.0 Å². The predicted octanol–water partition coefficient (Wildman–Crippen LogP) is 1.04. The molecule has 2 heterocycles. The van der Waals surface area contributed by atoms with Crippen molar-refractivity contribution in [2.45, 2.75) is 39.2 Å². The number of likely N-dealkylation sites (tertiary alicyclic amines) is 1. The van der Waals surface area contributed by atoms with Gasteiger partial charge in [0.15, 0.2) is 0 Å². The third-order valence-corrected chi connectivity index (χ3v) is 4.77. The van der Waals surface area contributed by atoms with Gasteiger partial charge in [0.25, 0.3) is 0 Å². The van der Waals surface area contributed by atoms with Gasteiger partial charge >= 0.3 is 0 Å². The SMILES string of the molecule is CCC(=O)N1CCC(OCCN2CCN(CC)CC2)CC1. The number of hydrogen-bond donors (Lipinski definition) is 0. The number of carbonyl (C=O) groups is 1. The highest BCUT2D eigenvalue weighted by atomic mass is 16.5. The largest absolute Gasteiger partial charge is 0.377 e. The second-order valence-electron chi connectivity index (χ2n) is 6.08. The summed E-state index contributed by atoms with van der Waals surface area (Å²) in [6.07, 6.45) is 2.96. The summed E-state index contributed by atoms with van der Waals surface area (Å²) in [5.74, 6) is 0.280. The van der Waals surface area contributed by atoms with Gasteiger partial charge in [-0.3, -0.25) is 9.69 Å². The van der Waals surface area contributed by atoms with Crippen LogP contribution in [0.5, 0.6) is 0 Å². The Balaban J connectivity index is 1.55. The fraction of sp³-hybridized carbons (Fsp3) is 0.938. The van der Waals surface area contributed by atoms with Crippen molar-refractivity contribution < 1.29 is 9.53 Å². The first kappa shape index (κ1) is 16.7. The minimum absolute atomic E-state index is 0.280. The minimum atomic E-state index is 0.280. The quantitative estimate of drug-likeness (QED) is 0.734. The summed E-state index contributed by atoms with van der Waals surface area (Å²) in [5, 5.41) is 0. The molecule has 0 aromatic carbocycles. The lowest BCUT2D eigenvalue weighted by molar-refractivity contribution is -0.133. The van der Waals surface area contributed by atoms with Crippen LogP contribution in [-0.4, -0.2) is 85.7 Å². The molecule has 0 saturated carbocycles. The van der Waals surface area contributed by atoms with E-state index in [0.717, 1.165) is 39.1 Å². The average molecular weight is 297 g/mol. The van der Waals surface area contributed by atoms with Crippen LogP contribution in [0.4, 0.5) is 0 Å². The number of hydrogen-bond acceptors (Lipinski definition) is 4. The Kier molecular flexibility index (Phi) is 6.93. The number of likely N-dealkylation sites (N-methyl/N-ethyl adjacent to an activating group) is 1. The first-order chi connectivity index (χ1) is 10.2. The van der Waals surface area contributed by atoms with Crippen LogP contribution in [-0.2, 0) is 9.53 Å². The van der Waals surface area contributed by atoms with Crippen molar-refractivity contribution in [2.24, 2.45) is 0 Å². The molecule has 2 saturated heterocycles. The van der Waals surface area contributed by atoms with Gasteiger partial charge in [0.05, 0.1) is 12.7 Å². The monoisotopic (exact) mass is 297 g/mol. The first-order valence-electron chi connectivity index (χ1n) is 8.57. The first-order valence-corrected chi connectivity index (χ1v) is 8.57. The number of carbonyl (C=O) groups excluding carboxylic acids is 1. The molecular weight excluding hydrogens is 266 g/mol. The van der Waals surface area contributed by atoms with Gasteiger partial charge in [0, 0.05) is 52.2 Å². The molecule has 5 heteroatoms. The highest BCUT2D eigenvalue weighted by Gasteiger charge is 2.22. The maximum atomic E-state index is 11.6. The average Bonchev–Trinajstić information content (AvgIpc) is 2.55. The molecule has 0 N–H and O–H groups in total. The van der Waals surface area contributed by atoms with Crippen LogP contribution in [0.3, 0.4) is 0 Å². The number of piperazine rings is 1. The standard InChI is InChI=1S/C16H31N3O2/c1-3-16(20)19-7-5-15(6-8-19)21-14-13-18-11-9-17(4-2)10-12-18/h15H,3-14H2,1-2H3.